The Morgan fingerprint density at radius 3 is 2.70 bits per heavy atom. The number of hydrogen-bond acceptors (Lipinski definition) is 3. The fourth-order valence-corrected chi connectivity index (χ4v) is 4.12. The Morgan fingerprint density at radius 2 is 1.95 bits per heavy atom. The van der Waals surface area contributed by atoms with Crippen LogP contribution in [-0.4, -0.2) is 47.9 Å². The first-order valence-electron chi connectivity index (χ1n) is 7.91. The fourth-order valence-electron chi connectivity index (χ4n) is 3.44. The number of amides is 1. The van der Waals surface area contributed by atoms with Crippen molar-refractivity contribution in [2.24, 2.45) is 0 Å². The highest BCUT2D eigenvalue weighted by molar-refractivity contribution is 7.12. The zero-order chi connectivity index (χ0) is 13.8. The van der Waals surface area contributed by atoms with E-state index >= 15 is 0 Å². The van der Waals surface area contributed by atoms with Gasteiger partial charge in [0.25, 0.3) is 5.91 Å². The zero-order valence-electron chi connectivity index (χ0n) is 12.1. The van der Waals surface area contributed by atoms with E-state index in [9.17, 15) is 4.79 Å². The predicted molar refractivity (Wildman–Crippen MR) is 83.3 cm³/mol. The van der Waals surface area contributed by atoms with Gasteiger partial charge in [-0.2, -0.15) is 0 Å². The maximum atomic E-state index is 12.7. The summed E-state index contributed by atoms with van der Waals surface area (Å²) in [5.74, 6) is 0.256. The summed E-state index contributed by atoms with van der Waals surface area (Å²) in [6, 6.07) is 4.36. The quantitative estimate of drug-likeness (QED) is 0.854. The van der Waals surface area contributed by atoms with Crippen LogP contribution in [0.3, 0.4) is 0 Å². The molecule has 1 unspecified atom stereocenters. The molecule has 1 aromatic rings. The summed E-state index contributed by atoms with van der Waals surface area (Å²) in [4.78, 5) is 18.3. The van der Waals surface area contributed by atoms with Crippen molar-refractivity contribution in [3.05, 3.63) is 22.4 Å². The Hall–Kier alpha value is -0.870. The van der Waals surface area contributed by atoms with Gasteiger partial charge in [0.15, 0.2) is 0 Å². The molecular weight excluding hydrogens is 268 g/mol. The Labute approximate surface area is 125 Å². The van der Waals surface area contributed by atoms with Crippen molar-refractivity contribution in [3.63, 3.8) is 0 Å². The van der Waals surface area contributed by atoms with E-state index in [0.29, 0.717) is 6.04 Å². The van der Waals surface area contributed by atoms with Gasteiger partial charge in [0.2, 0.25) is 0 Å². The van der Waals surface area contributed by atoms with Crippen LogP contribution in [0.25, 0.3) is 0 Å². The first-order valence-corrected chi connectivity index (χ1v) is 8.79. The molecule has 2 aliphatic heterocycles. The molecule has 1 aromatic heterocycles. The number of carbonyl (C=O) groups is 1. The predicted octanol–water partition coefficient (Wildman–Crippen LogP) is 3.23. The minimum atomic E-state index is 0.256. The normalized spacial score (nSPS) is 24.8. The maximum absolute atomic E-state index is 12.7. The molecule has 3 nitrogen and oxygen atoms in total. The van der Waals surface area contributed by atoms with E-state index in [1.54, 1.807) is 11.3 Å². The second kappa shape index (κ2) is 6.72. The van der Waals surface area contributed by atoms with Crippen LogP contribution in [0.15, 0.2) is 17.5 Å². The average Bonchev–Trinajstić information content (AvgIpc) is 3.10. The summed E-state index contributed by atoms with van der Waals surface area (Å²) in [5.41, 5.74) is 0. The fraction of sp³-hybridized carbons (Fsp3) is 0.688. The monoisotopic (exact) mass is 292 g/mol. The van der Waals surface area contributed by atoms with Crippen molar-refractivity contribution in [3.8, 4) is 0 Å². The number of thiophene rings is 1. The Kier molecular flexibility index (Phi) is 4.73. The van der Waals surface area contributed by atoms with Crippen LogP contribution in [0, 0.1) is 0 Å². The van der Waals surface area contributed by atoms with Crippen molar-refractivity contribution in [1.29, 1.82) is 0 Å². The summed E-state index contributed by atoms with van der Waals surface area (Å²) in [6.07, 6.45) is 7.52. The van der Waals surface area contributed by atoms with E-state index in [1.165, 1.54) is 45.2 Å². The summed E-state index contributed by atoms with van der Waals surface area (Å²) in [5, 5.41) is 2.00. The number of likely N-dealkylation sites (tertiary alicyclic amines) is 2. The summed E-state index contributed by atoms with van der Waals surface area (Å²) < 4.78 is 0. The van der Waals surface area contributed by atoms with Crippen LogP contribution in [0.4, 0.5) is 0 Å². The Bertz CT molecular complexity index is 426. The SMILES string of the molecule is O=C(c1cccs1)N1CCCCCC1CN1CCCC1. The van der Waals surface area contributed by atoms with Gasteiger partial charge in [-0.15, -0.1) is 11.3 Å². The van der Waals surface area contributed by atoms with E-state index in [-0.39, 0.29) is 5.91 Å². The molecule has 1 amide bonds. The lowest BCUT2D eigenvalue weighted by Crippen LogP contribution is -2.46. The second-order valence-electron chi connectivity index (χ2n) is 5.99. The number of hydrogen-bond donors (Lipinski definition) is 0. The van der Waals surface area contributed by atoms with Crippen molar-refractivity contribution >= 4 is 17.2 Å². The maximum Gasteiger partial charge on any atom is 0.264 e. The number of nitrogens with zero attached hydrogens (tertiary/aromatic N) is 2. The van der Waals surface area contributed by atoms with Gasteiger partial charge in [0.1, 0.15) is 0 Å². The van der Waals surface area contributed by atoms with Gasteiger partial charge in [0, 0.05) is 19.1 Å². The van der Waals surface area contributed by atoms with Gasteiger partial charge in [-0.05, 0) is 50.2 Å². The third-order valence-electron chi connectivity index (χ3n) is 4.54. The lowest BCUT2D eigenvalue weighted by Gasteiger charge is -2.32. The molecule has 2 fully saturated rings. The largest absolute Gasteiger partial charge is 0.334 e. The summed E-state index contributed by atoms with van der Waals surface area (Å²) in [6.45, 7) is 4.46. The van der Waals surface area contributed by atoms with Crippen molar-refractivity contribution in [1.82, 2.24) is 9.80 Å². The van der Waals surface area contributed by atoms with Gasteiger partial charge in [-0.25, -0.2) is 0 Å². The van der Waals surface area contributed by atoms with E-state index in [4.69, 9.17) is 0 Å². The van der Waals surface area contributed by atoms with Gasteiger partial charge in [-0.1, -0.05) is 18.9 Å². The third-order valence-corrected chi connectivity index (χ3v) is 5.40. The van der Waals surface area contributed by atoms with Crippen LogP contribution in [-0.2, 0) is 0 Å². The highest BCUT2D eigenvalue weighted by Crippen LogP contribution is 2.23. The van der Waals surface area contributed by atoms with Crippen molar-refractivity contribution < 1.29 is 4.79 Å². The zero-order valence-corrected chi connectivity index (χ0v) is 12.9. The third kappa shape index (κ3) is 3.23. The molecule has 3 heterocycles. The molecule has 0 N–H and O–H groups in total. The van der Waals surface area contributed by atoms with Crippen LogP contribution >= 0.6 is 11.3 Å². The summed E-state index contributed by atoms with van der Waals surface area (Å²) >= 11 is 1.57. The molecule has 3 rings (SSSR count). The van der Waals surface area contributed by atoms with Gasteiger partial charge in [0.05, 0.1) is 4.88 Å². The van der Waals surface area contributed by atoms with Gasteiger partial charge in [-0.3, -0.25) is 4.79 Å². The minimum Gasteiger partial charge on any atom is -0.334 e. The lowest BCUT2D eigenvalue weighted by atomic mass is 10.1. The molecule has 0 aliphatic carbocycles. The van der Waals surface area contributed by atoms with Crippen LogP contribution in [0.1, 0.15) is 48.2 Å². The standard InChI is InChI=1S/C16H24N2OS/c19-16(15-8-6-12-20-15)18-11-3-1-2-7-14(18)13-17-9-4-5-10-17/h6,8,12,14H,1-5,7,9-11,13H2. The molecule has 0 saturated carbocycles. The van der Waals surface area contributed by atoms with Crippen molar-refractivity contribution in [2.45, 2.75) is 44.6 Å². The van der Waals surface area contributed by atoms with E-state index in [0.717, 1.165) is 24.4 Å². The van der Waals surface area contributed by atoms with Crippen LogP contribution in [0.2, 0.25) is 0 Å². The van der Waals surface area contributed by atoms with Gasteiger partial charge >= 0.3 is 0 Å². The van der Waals surface area contributed by atoms with E-state index in [1.807, 2.05) is 17.5 Å². The Balaban J connectivity index is 1.71. The lowest BCUT2D eigenvalue weighted by molar-refractivity contribution is 0.0648. The second-order valence-corrected chi connectivity index (χ2v) is 6.93. The number of rotatable bonds is 3. The molecule has 0 aromatic carbocycles. The molecule has 1 atom stereocenters. The van der Waals surface area contributed by atoms with Crippen LogP contribution in [0.5, 0.6) is 0 Å². The molecule has 0 spiro atoms. The van der Waals surface area contributed by atoms with Gasteiger partial charge < -0.3 is 9.80 Å². The first-order chi connectivity index (χ1) is 9.84. The Morgan fingerprint density at radius 1 is 1.15 bits per heavy atom. The molecule has 0 bridgehead atoms. The molecular formula is C16H24N2OS. The molecule has 2 aliphatic rings. The van der Waals surface area contributed by atoms with Crippen LogP contribution < -0.4 is 0 Å². The number of carbonyl (C=O) groups excluding carboxylic acids is 1. The minimum absolute atomic E-state index is 0.256. The first kappa shape index (κ1) is 14.1. The molecule has 2 saturated heterocycles. The highest BCUT2D eigenvalue weighted by Gasteiger charge is 2.28. The average molecular weight is 292 g/mol. The topological polar surface area (TPSA) is 23.6 Å². The highest BCUT2D eigenvalue weighted by atomic mass is 32.1. The van der Waals surface area contributed by atoms with Crippen molar-refractivity contribution in [2.75, 3.05) is 26.2 Å². The molecule has 4 heteroatoms. The van der Waals surface area contributed by atoms with E-state index < -0.39 is 0 Å². The smallest absolute Gasteiger partial charge is 0.264 e. The molecule has 0 radical (unpaired) electrons. The molecule has 110 valence electrons. The van der Waals surface area contributed by atoms with E-state index in [2.05, 4.69) is 9.80 Å². The summed E-state index contributed by atoms with van der Waals surface area (Å²) in [7, 11) is 0. The molecule has 20 heavy (non-hydrogen) atoms.